The predicted octanol–water partition coefficient (Wildman–Crippen LogP) is 2.00. The first kappa shape index (κ1) is 14.5. The van der Waals surface area contributed by atoms with E-state index in [1.807, 2.05) is 13.0 Å². The summed E-state index contributed by atoms with van der Waals surface area (Å²) in [4.78, 5) is 28.6. The fraction of sp³-hybridized carbons (Fsp3) is 0.533. The van der Waals surface area contributed by atoms with E-state index < -0.39 is 5.54 Å². The summed E-state index contributed by atoms with van der Waals surface area (Å²) in [5.41, 5.74) is 0.211. The van der Waals surface area contributed by atoms with E-state index in [1.165, 1.54) is 7.11 Å². The number of hydrogen-bond donors (Lipinski definition) is 1. The smallest absolute Gasteiger partial charge is 0.331 e. The standard InChI is InChI=1S/C15H20N2O3/c1-11-7-6-8-12(16-11)13(18)17-15(14(19)20-2)9-4-3-5-10-15/h6-8H,3-5,9-10H2,1-2H3,(H,17,18). The van der Waals surface area contributed by atoms with Gasteiger partial charge in [0.2, 0.25) is 0 Å². The first-order valence-electron chi connectivity index (χ1n) is 6.92. The second-order valence-electron chi connectivity index (χ2n) is 5.25. The van der Waals surface area contributed by atoms with Gasteiger partial charge in [0, 0.05) is 5.69 Å². The number of amides is 1. The van der Waals surface area contributed by atoms with Gasteiger partial charge in [0.25, 0.3) is 5.91 Å². The number of pyridine rings is 1. The molecule has 0 aromatic carbocycles. The van der Waals surface area contributed by atoms with Gasteiger partial charge in [-0.05, 0) is 31.9 Å². The van der Waals surface area contributed by atoms with Crippen LogP contribution in [0, 0.1) is 6.92 Å². The molecule has 5 heteroatoms. The first-order valence-corrected chi connectivity index (χ1v) is 6.92. The third-order valence-corrected chi connectivity index (χ3v) is 3.76. The Morgan fingerprint density at radius 2 is 1.95 bits per heavy atom. The average molecular weight is 276 g/mol. The molecule has 108 valence electrons. The Hall–Kier alpha value is -1.91. The number of esters is 1. The maximum Gasteiger partial charge on any atom is 0.331 e. The van der Waals surface area contributed by atoms with Crippen LogP contribution in [0.5, 0.6) is 0 Å². The lowest BCUT2D eigenvalue weighted by Gasteiger charge is -2.35. The molecule has 1 fully saturated rings. The van der Waals surface area contributed by atoms with Crippen molar-refractivity contribution >= 4 is 11.9 Å². The van der Waals surface area contributed by atoms with Crippen molar-refractivity contribution in [3.05, 3.63) is 29.6 Å². The van der Waals surface area contributed by atoms with Crippen LogP contribution in [0.2, 0.25) is 0 Å². The summed E-state index contributed by atoms with van der Waals surface area (Å²) in [5.74, 6) is -0.681. The quantitative estimate of drug-likeness (QED) is 0.857. The van der Waals surface area contributed by atoms with E-state index in [1.54, 1.807) is 12.1 Å². The minimum Gasteiger partial charge on any atom is -0.467 e. The van der Waals surface area contributed by atoms with Crippen molar-refractivity contribution in [3.8, 4) is 0 Å². The number of carbonyl (C=O) groups is 2. The van der Waals surface area contributed by atoms with Crippen LogP contribution in [0.15, 0.2) is 18.2 Å². The molecule has 1 aromatic heterocycles. The Balaban J connectivity index is 2.19. The Morgan fingerprint density at radius 3 is 2.55 bits per heavy atom. The van der Waals surface area contributed by atoms with Crippen molar-refractivity contribution in [2.24, 2.45) is 0 Å². The number of aryl methyl sites for hydroxylation is 1. The van der Waals surface area contributed by atoms with E-state index in [-0.39, 0.29) is 11.9 Å². The molecular formula is C15H20N2O3. The van der Waals surface area contributed by atoms with Crippen molar-refractivity contribution in [2.75, 3.05) is 7.11 Å². The fourth-order valence-electron chi connectivity index (χ4n) is 2.68. The summed E-state index contributed by atoms with van der Waals surface area (Å²) < 4.78 is 4.88. The molecule has 0 radical (unpaired) electrons. The second-order valence-corrected chi connectivity index (χ2v) is 5.25. The number of aromatic nitrogens is 1. The topological polar surface area (TPSA) is 68.3 Å². The van der Waals surface area contributed by atoms with Gasteiger partial charge in [-0.15, -0.1) is 0 Å². The molecule has 1 saturated carbocycles. The monoisotopic (exact) mass is 276 g/mol. The summed E-state index contributed by atoms with van der Waals surface area (Å²) in [7, 11) is 1.36. The van der Waals surface area contributed by atoms with Gasteiger partial charge < -0.3 is 10.1 Å². The van der Waals surface area contributed by atoms with Crippen LogP contribution in [0.1, 0.15) is 48.3 Å². The van der Waals surface area contributed by atoms with Crippen LogP contribution < -0.4 is 5.32 Å². The van der Waals surface area contributed by atoms with E-state index in [0.29, 0.717) is 18.5 Å². The van der Waals surface area contributed by atoms with Crippen LogP contribution in [0.25, 0.3) is 0 Å². The maximum absolute atomic E-state index is 12.3. The molecule has 5 nitrogen and oxygen atoms in total. The van der Waals surface area contributed by atoms with Gasteiger partial charge in [-0.2, -0.15) is 0 Å². The van der Waals surface area contributed by atoms with Crippen LogP contribution in [0.3, 0.4) is 0 Å². The van der Waals surface area contributed by atoms with Gasteiger partial charge in [-0.25, -0.2) is 9.78 Å². The number of methoxy groups -OCH3 is 1. The molecule has 1 N–H and O–H groups in total. The third kappa shape index (κ3) is 2.98. The van der Waals surface area contributed by atoms with E-state index in [2.05, 4.69) is 10.3 Å². The summed E-state index contributed by atoms with van der Waals surface area (Å²) in [5, 5.41) is 2.85. The van der Waals surface area contributed by atoms with Gasteiger partial charge in [0.1, 0.15) is 11.2 Å². The van der Waals surface area contributed by atoms with Crippen molar-refractivity contribution in [3.63, 3.8) is 0 Å². The third-order valence-electron chi connectivity index (χ3n) is 3.76. The lowest BCUT2D eigenvalue weighted by molar-refractivity contribution is -0.149. The van der Waals surface area contributed by atoms with Crippen molar-refractivity contribution in [1.29, 1.82) is 0 Å². The zero-order valence-electron chi connectivity index (χ0n) is 11.9. The largest absolute Gasteiger partial charge is 0.467 e. The zero-order valence-corrected chi connectivity index (χ0v) is 11.9. The van der Waals surface area contributed by atoms with Gasteiger partial charge in [-0.1, -0.05) is 25.3 Å². The lowest BCUT2D eigenvalue weighted by Crippen LogP contribution is -2.56. The van der Waals surface area contributed by atoms with Gasteiger partial charge >= 0.3 is 5.97 Å². The number of rotatable bonds is 3. The zero-order chi connectivity index (χ0) is 14.6. The lowest BCUT2D eigenvalue weighted by atomic mass is 9.81. The summed E-state index contributed by atoms with van der Waals surface area (Å²) in [6.45, 7) is 1.83. The predicted molar refractivity (Wildman–Crippen MR) is 74.3 cm³/mol. The number of ether oxygens (including phenoxy) is 1. The van der Waals surface area contributed by atoms with Crippen molar-refractivity contribution < 1.29 is 14.3 Å². The molecule has 0 aliphatic heterocycles. The SMILES string of the molecule is COC(=O)C1(NC(=O)c2cccc(C)n2)CCCCC1. The highest BCUT2D eigenvalue weighted by Crippen LogP contribution is 2.29. The van der Waals surface area contributed by atoms with Gasteiger partial charge in [0.05, 0.1) is 7.11 Å². The maximum atomic E-state index is 12.3. The molecule has 0 atom stereocenters. The summed E-state index contributed by atoms with van der Waals surface area (Å²) in [6, 6.07) is 5.26. The number of nitrogens with zero attached hydrogens (tertiary/aromatic N) is 1. The minimum absolute atomic E-state index is 0.319. The minimum atomic E-state index is -0.893. The van der Waals surface area contributed by atoms with Gasteiger partial charge in [0.15, 0.2) is 0 Å². The normalized spacial score (nSPS) is 17.3. The first-order chi connectivity index (χ1) is 9.57. The highest BCUT2D eigenvalue weighted by molar-refractivity contribution is 5.96. The Morgan fingerprint density at radius 1 is 1.25 bits per heavy atom. The number of carbonyl (C=O) groups excluding carboxylic acids is 2. The van der Waals surface area contributed by atoms with Crippen LogP contribution >= 0.6 is 0 Å². The van der Waals surface area contributed by atoms with Crippen molar-refractivity contribution in [1.82, 2.24) is 10.3 Å². The Labute approximate surface area is 118 Å². The molecular weight excluding hydrogens is 256 g/mol. The van der Waals surface area contributed by atoms with E-state index in [0.717, 1.165) is 25.0 Å². The molecule has 2 rings (SSSR count). The van der Waals surface area contributed by atoms with Crippen LogP contribution in [0.4, 0.5) is 0 Å². The molecule has 1 heterocycles. The molecule has 1 aliphatic rings. The molecule has 1 amide bonds. The Bertz CT molecular complexity index is 508. The molecule has 1 aliphatic carbocycles. The summed E-state index contributed by atoms with van der Waals surface area (Å²) >= 11 is 0. The van der Waals surface area contributed by atoms with E-state index in [4.69, 9.17) is 4.74 Å². The van der Waals surface area contributed by atoms with E-state index >= 15 is 0 Å². The fourth-order valence-corrected chi connectivity index (χ4v) is 2.68. The summed E-state index contributed by atoms with van der Waals surface area (Å²) in [6.07, 6.45) is 4.15. The molecule has 0 saturated heterocycles. The van der Waals surface area contributed by atoms with Crippen molar-refractivity contribution in [2.45, 2.75) is 44.6 Å². The van der Waals surface area contributed by atoms with Crippen LogP contribution in [-0.4, -0.2) is 29.5 Å². The molecule has 0 bridgehead atoms. The van der Waals surface area contributed by atoms with E-state index in [9.17, 15) is 9.59 Å². The highest BCUT2D eigenvalue weighted by atomic mass is 16.5. The average Bonchev–Trinajstić information content (AvgIpc) is 2.47. The number of hydrogen-bond acceptors (Lipinski definition) is 4. The molecule has 0 unspecified atom stereocenters. The van der Waals surface area contributed by atoms with Crippen LogP contribution in [-0.2, 0) is 9.53 Å². The second kappa shape index (κ2) is 6.03. The van der Waals surface area contributed by atoms with Gasteiger partial charge in [-0.3, -0.25) is 4.79 Å². The number of nitrogens with one attached hydrogen (secondary N) is 1. The molecule has 20 heavy (non-hydrogen) atoms. The highest BCUT2D eigenvalue weighted by Gasteiger charge is 2.42. The molecule has 0 spiro atoms. The Kier molecular flexibility index (Phi) is 4.37. The molecule has 1 aromatic rings.